The van der Waals surface area contributed by atoms with E-state index >= 15 is 0 Å². The van der Waals surface area contributed by atoms with Gasteiger partial charge in [0.1, 0.15) is 4.91 Å². The minimum Gasteiger partial charge on any atom is -0.376 e. The van der Waals surface area contributed by atoms with Gasteiger partial charge in [-0.2, -0.15) is 8.42 Å². The van der Waals surface area contributed by atoms with Crippen molar-refractivity contribution in [1.29, 1.82) is 0 Å². The molecule has 0 radical (unpaired) electrons. The van der Waals surface area contributed by atoms with E-state index in [4.69, 9.17) is 0 Å². The first-order valence-corrected chi connectivity index (χ1v) is 6.31. The maximum atomic E-state index is 11.3. The second kappa shape index (κ2) is 3.33. The Morgan fingerprint density at radius 2 is 1.88 bits per heavy atom. The molecule has 1 aromatic carbocycles. The van der Waals surface area contributed by atoms with Crippen LogP contribution < -0.4 is 5.32 Å². The highest BCUT2D eigenvalue weighted by Gasteiger charge is 2.29. The highest BCUT2D eigenvalue weighted by molar-refractivity contribution is 7.95. The Hall–Kier alpha value is -1.33. The van der Waals surface area contributed by atoms with Crippen molar-refractivity contribution < 1.29 is 13.0 Å². The van der Waals surface area contributed by atoms with Crippen LogP contribution >= 0.6 is 0 Å². The number of rotatable bonds is 1. The SMILES string of the molecule is CC1(C)C=C(S(=O)(=O)O)c2ccccc2N1. The highest BCUT2D eigenvalue weighted by atomic mass is 32.2. The Bertz CT molecular complexity index is 558. The topological polar surface area (TPSA) is 66.4 Å². The normalized spacial score (nSPS) is 18.3. The van der Waals surface area contributed by atoms with Crippen LogP contribution in [0.3, 0.4) is 0 Å². The monoisotopic (exact) mass is 239 g/mol. The number of benzene rings is 1. The molecule has 0 unspecified atom stereocenters. The van der Waals surface area contributed by atoms with Gasteiger partial charge in [-0.15, -0.1) is 0 Å². The van der Waals surface area contributed by atoms with Crippen molar-refractivity contribution in [3.63, 3.8) is 0 Å². The van der Waals surface area contributed by atoms with Crippen LogP contribution in [-0.4, -0.2) is 18.5 Å². The Balaban J connectivity index is 2.70. The van der Waals surface area contributed by atoms with Gasteiger partial charge in [0.15, 0.2) is 0 Å². The lowest BCUT2D eigenvalue weighted by Crippen LogP contribution is -2.32. The fourth-order valence-corrected chi connectivity index (χ4v) is 2.71. The number of para-hydroxylation sites is 1. The van der Waals surface area contributed by atoms with Crippen molar-refractivity contribution in [3.8, 4) is 0 Å². The van der Waals surface area contributed by atoms with Crippen molar-refractivity contribution in [2.24, 2.45) is 0 Å². The average molecular weight is 239 g/mol. The number of fused-ring (bicyclic) bond motifs is 1. The van der Waals surface area contributed by atoms with Crippen molar-refractivity contribution in [3.05, 3.63) is 35.9 Å². The van der Waals surface area contributed by atoms with Gasteiger partial charge in [0, 0.05) is 11.3 Å². The van der Waals surface area contributed by atoms with Crippen LogP contribution in [0.25, 0.3) is 4.91 Å². The minimum atomic E-state index is -4.19. The fraction of sp³-hybridized carbons (Fsp3) is 0.273. The third-order valence-corrected chi connectivity index (χ3v) is 3.31. The maximum Gasteiger partial charge on any atom is 0.294 e. The Labute approximate surface area is 94.7 Å². The Kier molecular flexibility index (Phi) is 2.32. The molecule has 0 aliphatic carbocycles. The highest BCUT2D eigenvalue weighted by Crippen LogP contribution is 2.35. The Morgan fingerprint density at radius 1 is 1.25 bits per heavy atom. The van der Waals surface area contributed by atoms with E-state index in [2.05, 4.69) is 5.32 Å². The van der Waals surface area contributed by atoms with E-state index in [-0.39, 0.29) is 4.91 Å². The summed E-state index contributed by atoms with van der Waals surface area (Å²) in [4.78, 5) is -0.0353. The summed E-state index contributed by atoms with van der Waals surface area (Å²) in [7, 11) is -4.19. The molecule has 16 heavy (non-hydrogen) atoms. The van der Waals surface area contributed by atoms with E-state index in [1.54, 1.807) is 18.2 Å². The zero-order chi connectivity index (χ0) is 12.0. The van der Waals surface area contributed by atoms with E-state index < -0.39 is 15.7 Å². The summed E-state index contributed by atoms with van der Waals surface area (Å²) in [6.45, 7) is 3.68. The van der Waals surface area contributed by atoms with Gasteiger partial charge in [0.05, 0.1) is 5.54 Å². The molecule has 1 aliphatic heterocycles. The summed E-state index contributed by atoms with van der Waals surface area (Å²) in [6.07, 6.45) is 1.52. The smallest absolute Gasteiger partial charge is 0.294 e. The summed E-state index contributed by atoms with van der Waals surface area (Å²) in [5, 5.41) is 3.19. The summed E-state index contributed by atoms with van der Waals surface area (Å²) in [5.41, 5.74) is 0.714. The van der Waals surface area contributed by atoms with Gasteiger partial charge in [0.25, 0.3) is 10.1 Å². The number of anilines is 1. The van der Waals surface area contributed by atoms with Gasteiger partial charge in [-0.25, -0.2) is 0 Å². The van der Waals surface area contributed by atoms with Crippen molar-refractivity contribution in [2.75, 3.05) is 5.32 Å². The third kappa shape index (κ3) is 1.96. The van der Waals surface area contributed by atoms with Gasteiger partial charge < -0.3 is 5.32 Å². The molecule has 1 aliphatic rings. The molecule has 0 saturated heterocycles. The van der Waals surface area contributed by atoms with Gasteiger partial charge in [-0.3, -0.25) is 4.55 Å². The number of hydrogen-bond donors (Lipinski definition) is 2. The van der Waals surface area contributed by atoms with Crippen LogP contribution in [0.15, 0.2) is 30.3 Å². The molecule has 1 heterocycles. The molecular formula is C11H13NO3S. The molecule has 0 saturated carbocycles. The summed E-state index contributed by atoms with van der Waals surface area (Å²) in [6, 6.07) is 7.00. The minimum absolute atomic E-state index is 0.0353. The van der Waals surface area contributed by atoms with E-state index in [0.29, 0.717) is 11.3 Å². The van der Waals surface area contributed by atoms with Crippen LogP contribution in [0.5, 0.6) is 0 Å². The second-order valence-electron chi connectivity index (χ2n) is 4.38. The van der Waals surface area contributed by atoms with Crippen molar-refractivity contribution in [2.45, 2.75) is 19.4 Å². The molecule has 0 amide bonds. The van der Waals surface area contributed by atoms with Crippen LogP contribution in [0.1, 0.15) is 19.4 Å². The van der Waals surface area contributed by atoms with Crippen molar-refractivity contribution >= 4 is 20.7 Å². The predicted octanol–water partition coefficient (Wildman–Crippen LogP) is 2.12. The molecular weight excluding hydrogens is 226 g/mol. The first-order chi connectivity index (χ1) is 7.30. The van der Waals surface area contributed by atoms with Crippen LogP contribution in [0, 0.1) is 0 Å². The quantitative estimate of drug-likeness (QED) is 0.737. The van der Waals surface area contributed by atoms with Crippen LogP contribution in [-0.2, 0) is 10.1 Å². The second-order valence-corrected chi connectivity index (χ2v) is 5.77. The standard InChI is InChI=1S/C11H13NO3S/c1-11(2)7-10(16(13,14)15)8-5-3-4-6-9(8)12-11/h3-7,12H,1-2H3,(H,13,14,15). The van der Waals surface area contributed by atoms with Crippen molar-refractivity contribution in [1.82, 2.24) is 0 Å². The summed E-state index contributed by atoms with van der Waals surface area (Å²) >= 11 is 0. The van der Waals surface area contributed by atoms with E-state index in [1.807, 2.05) is 19.9 Å². The lowest BCUT2D eigenvalue weighted by atomic mass is 9.97. The molecule has 4 nitrogen and oxygen atoms in total. The van der Waals surface area contributed by atoms with Gasteiger partial charge in [-0.1, -0.05) is 18.2 Å². The van der Waals surface area contributed by atoms with Crippen LogP contribution in [0.4, 0.5) is 5.69 Å². The molecule has 0 fully saturated rings. The molecule has 5 heteroatoms. The molecule has 2 rings (SSSR count). The fourth-order valence-electron chi connectivity index (χ4n) is 1.81. The zero-order valence-electron chi connectivity index (χ0n) is 9.06. The first-order valence-electron chi connectivity index (χ1n) is 4.87. The number of hydrogen-bond acceptors (Lipinski definition) is 3. The van der Waals surface area contributed by atoms with Gasteiger partial charge in [0.2, 0.25) is 0 Å². The predicted molar refractivity (Wildman–Crippen MR) is 63.7 cm³/mol. The first kappa shape index (κ1) is 11.2. The summed E-state index contributed by atoms with van der Waals surface area (Å²) < 4.78 is 31.8. The van der Waals surface area contributed by atoms with E-state index in [1.165, 1.54) is 6.08 Å². The van der Waals surface area contributed by atoms with E-state index in [0.717, 1.165) is 0 Å². The molecule has 0 bridgehead atoms. The molecule has 1 aromatic rings. The third-order valence-electron chi connectivity index (χ3n) is 2.42. The van der Waals surface area contributed by atoms with Crippen LogP contribution in [0.2, 0.25) is 0 Å². The van der Waals surface area contributed by atoms with E-state index in [9.17, 15) is 13.0 Å². The number of nitrogens with one attached hydrogen (secondary N) is 1. The maximum absolute atomic E-state index is 11.3. The van der Waals surface area contributed by atoms with Gasteiger partial charge >= 0.3 is 0 Å². The average Bonchev–Trinajstić information content (AvgIpc) is 2.13. The van der Waals surface area contributed by atoms with Gasteiger partial charge in [-0.05, 0) is 26.0 Å². The summed E-state index contributed by atoms with van der Waals surface area (Å²) in [5.74, 6) is 0. The molecule has 86 valence electrons. The molecule has 0 aromatic heterocycles. The molecule has 0 spiro atoms. The molecule has 2 N–H and O–H groups in total. The molecule has 0 atom stereocenters. The Morgan fingerprint density at radius 3 is 2.50 bits per heavy atom. The zero-order valence-corrected chi connectivity index (χ0v) is 9.88. The largest absolute Gasteiger partial charge is 0.376 e. The lowest BCUT2D eigenvalue weighted by molar-refractivity contribution is 0.495. The lowest BCUT2D eigenvalue weighted by Gasteiger charge is -2.31.